The summed E-state index contributed by atoms with van der Waals surface area (Å²) in [4.78, 5) is 12.2. The molecule has 8 nitrogen and oxygen atoms in total. The molecule has 2 aromatic carbocycles. The Hall–Kier alpha value is -3.59. The lowest BCUT2D eigenvalue weighted by Gasteiger charge is -2.07. The number of hydrogen-bond acceptors (Lipinski definition) is 6. The highest BCUT2D eigenvalue weighted by Gasteiger charge is 2.16. The normalized spacial score (nSPS) is 11.4. The van der Waals surface area contributed by atoms with Gasteiger partial charge in [0.25, 0.3) is 10.0 Å². The highest BCUT2D eigenvalue weighted by molar-refractivity contribution is 7.92. The van der Waals surface area contributed by atoms with E-state index in [1.165, 1.54) is 36.4 Å². The third-order valence-electron chi connectivity index (χ3n) is 4.37. The van der Waals surface area contributed by atoms with Gasteiger partial charge >= 0.3 is 0 Å². The molecule has 0 saturated carbocycles. The molecule has 168 valence electrons. The first-order valence-corrected chi connectivity index (χ1v) is 11.6. The second kappa shape index (κ2) is 10.6. The Balaban J connectivity index is 1.55. The monoisotopic (exact) mass is 455 g/mol. The molecule has 1 heterocycles. The Bertz CT molecular complexity index is 1170. The van der Waals surface area contributed by atoms with Crippen LogP contribution in [0.4, 0.5) is 11.5 Å². The predicted molar refractivity (Wildman–Crippen MR) is 123 cm³/mol. The van der Waals surface area contributed by atoms with Gasteiger partial charge in [-0.3, -0.25) is 9.52 Å². The lowest BCUT2D eigenvalue weighted by atomic mass is 10.2. The standard InChI is InChI=1S/C23H25N3O5S/c1-3-4-15-30-20-10-5-18(6-11-20)7-14-23(27)24-19-8-12-21(13-9-19)32(28,29)26-22-16-17(2)31-25-22/h5-14,16H,3-4,15H2,1-2H3,(H,24,27)(H,25,26)/b14-7+. The topological polar surface area (TPSA) is 111 Å². The highest BCUT2D eigenvalue weighted by atomic mass is 32.2. The average Bonchev–Trinajstić information content (AvgIpc) is 3.17. The zero-order valence-electron chi connectivity index (χ0n) is 17.9. The van der Waals surface area contributed by atoms with Crippen LogP contribution in [0.15, 0.2) is 70.1 Å². The third-order valence-corrected chi connectivity index (χ3v) is 5.74. The van der Waals surface area contributed by atoms with Crippen LogP contribution in [0.1, 0.15) is 31.1 Å². The lowest BCUT2D eigenvalue weighted by Crippen LogP contribution is -2.13. The van der Waals surface area contributed by atoms with Crippen molar-refractivity contribution in [2.75, 3.05) is 16.6 Å². The van der Waals surface area contributed by atoms with Crippen molar-refractivity contribution in [3.63, 3.8) is 0 Å². The third kappa shape index (κ3) is 6.71. The number of unbranched alkanes of at least 4 members (excludes halogenated alkanes) is 1. The maximum absolute atomic E-state index is 12.4. The predicted octanol–water partition coefficient (Wildman–Crippen LogP) is 4.61. The summed E-state index contributed by atoms with van der Waals surface area (Å²) in [5.41, 5.74) is 1.33. The van der Waals surface area contributed by atoms with E-state index in [2.05, 4.69) is 22.1 Å². The van der Waals surface area contributed by atoms with Crippen molar-refractivity contribution in [3.8, 4) is 5.75 Å². The molecule has 9 heteroatoms. The zero-order valence-corrected chi connectivity index (χ0v) is 18.7. The number of amides is 1. The molecule has 0 fully saturated rings. The summed E-state index contributed by atoms with van der Waals surface area (Å²) in [5, 5.41) is 6.31. The number of rotatable bonds is 10. The summed E-state index contributed by atoms with van der Waals surface area (Å²) in [5.74, 6) is 1.05. The Labute approximate surface area is 187 Å². The maximum Gasteiger partial charge on any atom is 0.263 e. The largest absolute Gasteiger partial charge is 0.494 e. The molecule has 0 aliphatic heterocycles. The number of ether oxygens (including phenoxy) is 1. The molecule has 0 radical (unpaired) electrons. The van der Waals surface area contributed by atoms with Crippen molar-refractivity contribution >= 4 is 33.5 Å². The average molecular weight is 456 g/mol. The van der Waals surface area contributed by atoms with Crippen LogP contribution >= 0.6 is 0 Å². The van der Waals surface area contributed by atoms with Crippen molar-refractivity contribution in [2.24, 2.45) is 0 Å². The fourth-order valence-corrected chi connectivity index (χ4v) is 3.68. The quantitative estimate of drug-likeness (QED) is 0.341. The molecule has 3 aromatic rings. The Morgan fingerprint density at radius 3 is 2.47 bits per heavy atom. The van der Waals surface area contributed by atoms with Crippen LogP contribution in [-0.4, -0.2) is 26.1 Å². The van der Waals surface area contributed by atoms with E-state index >= 15 is 0 Å². The van der Waals surface area contributed by atoms with Gasteiger partial charge in [0.15, 0.2) is 5.82 Å². The fourth-order valence-electron chi connectivity index (χ4n) is 2.69. The second-order valence-corrected chi connectivity index (χ2v) is 8.73. The van der Waals surface area contributed by atoms with E-state index in [1.807, 2.05) is 24.3 Å². The van der Waals surface area contributed by atoms with Crippen LogP contribution in [0, 0.1) is 6.92 Å². The van der Waals surface area contributed by atoms with Crippen LogP contribution in [0.25, 0.3) is 6.08 Å². The number of benzene rings is 2. The fraction of sp³-hybridized carbons (Fsp3) is 0.217. The first-order valence-electron chi connectivity index (χ1n) is 10.1. The number of nitrogens with one attached hydrogen (secondary N) is 2. The van der Waals surface area contributed by atoms with Gasteiger partial charge in [0.2, 0.25) is 5.91 Å². The number of carbonyl (C=O) groups is 1. The van der Waals surface area contributed by atoms with E-state index in [-0.39, 0.29) is 16.6 Å². The summed E-state index contributed by atoms with van der Waals surface area (Å²) < 4.78 is 37.6. The van der Waals surface area contributed by atoms with Crippen molar-refractivity contribution in [1.29, 1.82) is 0 Å². The van der Waals surface area contributed by atoms with Gasteiger partial charge in [-0.15, -0.1) is 0 Å². The smallest absolute Gasteiger partial charge is 0.263 e. The van der Waals surface area contributed by atoms with Crippen LogP contribution in [0.5, 0.6) is 5.75 Å². The van der Waals surface area contributed by atoms with E-state index in [4.69, 9.17) is 9.26 Å². The van der Waals surface area contributed by atoms with E-state index in [0.29, 0.717) is 18.1 Å². The van der Waals surface area contributed by atoms with E-state index < -0.39 is 10.0 Å². The molecule has 0 aliphatic carbocycles. The molecule has 0 unspecified atom stereocenters. The number of nitrogens with zero attached hydrogens (tertiary/aromatic N) is 1. The van der Waals surface area contributed by atoms with E-state index in [0.717, 1.165) is 24.2 Å². The molecule has 3 rings (SSSR count). The molecule has 1 amide bonds. The van der Waals surface area contributed by atoms with Crippen molar-refractivity contribution in [1.82, 2.24) is 5.16 Å². The van der Waals surface area contributed by atoms with Gasteiger partial charge in [-0.25, -0.2) is 8.42 Å². The zero-order chi connectivity index (χ0) is 23.0. The minimum Gasteiger partial charge on any atom is -0.494 e. The van der Waals surface area contributed by atoms with E-state index in [9.17, 15) is 13.2 Å². The second-order valence-electron chi connectivity index (χ2n) is 7.05. The first-order chi connectivity index (χ1) is 15.4. The molecule has 0 spiro atoms. The number of anilines is 2. The van der Waals surface area contributed by atoms with Crippen molar-refractivity contribution in [3.05, 3.63) is 72.0 Å². The van der Waals surface area contributed by atoms with Crippen LogP contribution in [-0.2, 0) is 14.8 Å². The molecule has 0 atom stereocenters. The van der Waals surface area contributed by atoms with Gasteiger partial charge in [-0.2, -0.15) is 0 Å². The minimum absolute atomic E-state index is 0.0351. The van der Waals surface area contributed by atoms with Gasteiger partial charge in [0, 0.05) is 17.8 Å². The molecule has 0 bridgehead atoms. The Morgan fingerprint density at radius 2 is 1.84 bits per heavy atom. The maximum atomic E-state index is 12.4. The lowest BCUT2D eigenvalue weighted by molar-refractivity contribution is -0.111. The molecular formula is C23H25N3O5S. The van der Waals surface area contributed by atoms with Gasteiger partial charge in [0.05, 0.1) is 11.5 Å². The summed E-state index contributed by atoms with van der Waals surface area (Å²) in [6.07, 6.45) is 5.18. The molecular weight excluding hydrogens is 430 g/mol. The summed E-state index contributed by atoms with van der Waals surface area (Å²) in [7, 11) is -3.81. The summed E-state index contributed by atoms with van der Waals surface area (Å²) in [6, 6.07) is 14.8. The van der Waals surface area contributed by atoms with Crippen molar-refractivity contribution in [2.45, 2.75) is 31.6 Å². The SMILES string of the molecule is CCCCOc1ccc(/C=C/C(=O)Nc2ccc(S(=O)(=O)Nc3cc(C)on3)cc2)cc1. The van der Waals surface area contributed by atoms with Crippen LogP contribution in [0.2, 0.25) is 0 Å². The number of sulfonamides is 1. The van der Waals surface area contributed by atoms with E-state index in [1.54, 1.807) is 13.0 Å². The Morgan fingerprint density at radius 1 is 1.12 bits per heavy atom. The van der Waals surface area contributed by atoms with Crippen molar-refractivity contribution < 1.29 is 22.5 Å². The van der Waals surface area contributed by atoms with Gasteiger partial charge in [-0.05, 0) is 61.4 Å². The number of aryl methyl sites for hydroxylation is 1. The molecule has 0 saturated heterocycles. The Kier molecular flexibility index (Phi) is 7.67. The number of carbonyl (C=O) groups excluding carboxylic acids is 1. The summed E-state index contributed by atoms with van der Waals surface area (Å²) >= 11 is 0. The highest BCUT2D eigenvalue weighted by Crippen LogP contribution is 2.18. The number of aromatic nitrogens is 1. The molecule has 2 N–H and O–H groups in total. The van der Waals surface area contributed by atoms with Gasteiger partial charge in [-0.1, -0.05) is 30.6 Å². The molecule has 32 heavy (non-hydrogen) atoms. The first kappa shape index (κ1) is 23.1. The molecule has 0 aliphatic rings. The van der Waals surface area contributed by atoms with Gasteiger partial charge < -0.3 is 14.6 Å². The number of hydrogen-bond donors (Lipinski definition) is 2. The van der Waals surface area contributed by atoms with Gasteiger partial charge in [0.1, 0.15) is 11.5 Å². The minimum atomic E-state index is -3.81. The molecule has 1 aromatic heterocycles. The van der Waals surface area contributed by atoms with Crippen LogP contribution < -0.4 is 14.8 Å². The summed E-state index contributed by atoms with van der Waals surface area (Å²) in [6.45, 7) is 4.45. The van der Waals surface area contributed by atoms with Crippen LogP contribution in [0.3, 0.4) is 0 Å².